The number of hydrogen-bond donors (Lipinski definition) is 2. The first-order valence-electron chi connectivity index (χ1n) is 8.81. The van der Waals surface area contributed by atoms with Gasteiger partial charge in [0, 0.05) is 22.9 Å². The monoisotopic (exact) mass is 414 g/mol. The van der Waals surface area contributed by atoms with E-state index in [-0.39, 0.29) is 40.7 Å². The number of para-hydroxylation sites is 1. The molecule has 0 atom stereocenters. The number of aromatic amines is 1. The molecule has 3 heterocycles. The van der Waals surface area contributed by atoms with Gasteiger partial charge in [-0.3, -0.25) is 5.10 Å². The lowest BCUT2D eigenvalue weighted by Gasteiger charge is -2.09. The number of nitrogens with zero attached hydrogens (tertiary/aromatic N) is 3. The van der Waals surface area contributed by atoms with Gasteiger partial charge >= 0.3 is 6.18 Å². The summed E-state index contributed by atoms with van der Waals surface area (Å²) in [5, 5.41) is 20.7. The second-order valence-electron chi connectivity index (χ2n) is 6.52. The van der Waals surface area contributed by atoms with Crippen LogP contribution in [0.2, 0.25) is 0 Å². The zero-order chi connectivity index (χ0) is 20.9. The Morgan fingerprint density at radius 3 is 2.63 bits per heavy atom. The maximum atomic E-state index is 13.7. The fourth-order valence-electron chi connectivity index (χ4n) is 3.35. The number of benzene rings is 2. The van der Waals surface area contributed by atoms with Gasteiger partial charge < -0.3 is 14.6 Å². The fraction of sp³-hybridized carbons (Fsp3) is 0.100. The quantitative estimate of drug-likeness (QED) is 0.520. The molecule has 1 aliphatic rings. The number of halogens is 3. The van der Waals surface area contributed by atoms with Crippen LogP contribution in [0.25, 0.3) is 28.1 Å². The molecule has 30 heavy (non-hydrogen) atoms. The summed E-state index contributed by atoms with van der Waals surface area (Å²) in [5.41, 5.74) is -0.388. The molecule has 0 saturated carbocycles. The van der Waals surface area contributed by atoms with E-state index in [1.807, 2.05) is 6.07 Å². The first kappa shape index (κ1) is 18.1. The third-order valence-electron chi connectivity index (χ3n) is 4.71. The highest BCUT2D eigenvalue weighted by Gasteiger charge is 2.39. The summed E-state index contributed by atoms with van der Waals surface area (Å²) in [7, 11) is 0. The van der Waals surface area contributed by atoms with E-state index in [1.165, 1.54) is 29.2 Å². The molecule has 0 radical (unpaired) electrons. The van der Waals surface area contributed by atoms with Crippen LogP contribution in [0.5, 0.6) is 17.2 Å². The number of fused-ring (bicyclic) bond motifs is 1. The molecule has 5 rings (SSSR count). The Labute approximate surface area is 167 Å². The smallest absolute Gasteiger partial charge is 0.433 e. The Bertz CT molecular complexity index is 1230. The van der Waals surface area contributed by atoms with Gasteiger partial charge in [0.2, 0.25) is 12.5 Å². The zero-order valence-electron chi connectivity index (χ0n) is 15.1. The molecule has 152 valence electrons. The number of aromatic hydroxyl groups is 1. The van der Waals surface area contributed by atoms with Gasteiger partial charge in [-0.15, -0.1) is 0 Å². The Hall–Kier alpha value is -3.95. The van der Waals surface area contributed by atoms with Crippen molar-refractivity contribution in [2.24, 2.45) is 0 Å². The largest absolute Gasteiger partial charge is 0.504 e. The standard InChI is InChI=1S/C20H13F3N4O3/c21-20(22,23)19-15(11-8-24-27(9-11)12-4-2-1-3-5-12)16(25-26-19)13-6-7-14-18(17(13)28)30-10-29-14/h1-9,28H,10H2,(H,25,26). The zero-order valence-corrected chi connectivity index (χ0v) is 15.1. The summed E-state index contributed by atoms with van der Waals surface area (Å²) in [6.45, 7) is -0.0859. The van der Waals surface area contributed by atoms with E-state index in [0.29, 0.717) is 11.4 Å². The van der Waals surface area contributed by atoms with E-state index in [2.05, 4.69) is 15.3 Å². The van der Waals surface area contributed by atoms with Crippen LogP contribution in [0.15, 0.2) is 54.9 Å². The SMILES string of the molecule is Oc1c(-c2n[nH]c(C(F)(F)F)c2-c2cnn(-c3ccccc3)c2)ccc2c1OCO2. The van der Waals surface area contributed by atoms with Crippen LogP contribution in [0.3, 0.4) is 0 Å². The van der Waals surface area contributed by atoms with Crippen molar-refractivity contribution in [3.8, 4) is 45.3 Å². The lowest BCUT2D eigenvalue weighted by atomic mass is 10.00. The highest BCUT2D eigenvalue weighted by Crippen LogP contribution is 2.49. The molecule has 0 amide bonds. The summed E-state index contributed by atoms with van der Waals surface area (Å²) in [6.07, 6.45) is -1.90. The van der Waals surface area contributed by atoms with Crippen molar-refractivity contribution < 1.29 is 27.8 Å². The molecule has 1 aliphatic heterocycles. The van der Waals surface area contributed by atoms with Crippen LogP contribution in [0.1, 0.15) is 5.69 Å². The normalized spacial score (nSPS) is 13.0. The minimum atomic E-state index is -4.69. The van der Waals surface area contributed by atoms with Crippen LogP contribution < -0.4 is 9.47 Å². The second-order valence-corrected chi connectivity index (χ2v) is 6.52. The lowest BCUT2D eigenvalue weighted by Crippen LogP contribution is -2.07. The van der Waals surface area contributed by atoms with Crippen molar-refractivity contribution in [1.29, 1.82) is 0 Å². The molecule has 2 aromatic carbocycles. The predicted octanol–water partition coefficient (Wildman–Crippen LogP) is 4.38. The van der Waals surface area contributed by atoms with Gasteiger partial charge in [0.1, 0.15) is 11.4 Å². The van der Waals surface area contributed by atoms with Crippen LogP contribution in [-0.2, 0) is 6.18 Å². The van der Waals surface area contributed by atoms with E-state index in [4.69, 9.17) is 9.47 Å². The van der Waals surface area contributed by atoms with Crippen molar-refractivity contribution in [1.82, 2.24) is 20.0 Å². The molecular weight excluding hydrogens is 401 g/mol. The molecule has 0 spiro atoms. The van der Waals surface area contributed by atoms with Crippen LogP contribution in [0, 0.1) is 0 Å². The van der Waals surface area contributed by atoms with E-state index in [9.17, 15) is 18.3 Å². The number of phenolic OH excluding ortho intramolecular Hbond substituents is 1. The maximum Gasteiger partial charge on any atom is 0.433 e. The summed E-state index contributed by atoms with van der Waals surface area (Å²) in [6, 6.07) is 11.9. The van der Waals surface area contributed by atoms with E-state index < -0.39 is 11.9 Å². The van der Waals surface area contributed by atoms with Crippen molar-refractivity contribution in [3.05, 3.63) is 60.6 Å². The first-order valence-corrected chi connectivity index (χ1v) is 8.81. The van der Waals surface area contributed by atoms with Crippen molar-refractivity contribution in [2.75, 3.05) is 6.79 Å². The summed E-state index contributed by atoms with van der Waals surface area (Å²) in [4.78, 5) is 0. The molecule has 0 aliphatic carbocycles. The van der Waals surface area contributed by atoms with Crippen LogP contribution >= 0.6 is 0 Å². The molecular formula is C20H13F3N4O3. The molecule has 7 nitrogen and oxygen atoms in total. The molecule has 0 bridgehead atoms. The summed E-state index contributed by atoms with van der Waals surface area (Å²) in [5.74, 6) is 0.0261. The molecule has 0 saturated heterocycles. The molecule has 2 aromatic heterocycles. The number of H-pyrrole nitrogens is 1. The highest BCUT2D eigenvalue weighted by molar-refractivity contribution is 5.87. The van der Waals surface area contributed by atoms with Crippen molar-refractivity contribution in [3.63, 3.8) is 0 Å². The summed E-state index contributed by atoms with van der Waals surface area (Å²) >= 11 is 0. The van der Waals surface area contributed by atoms with E-state index >= 15 is 0 Å². The Balaban J connectivity index is 1.69. The Morgan fingerprint density at radius 2 is 1.87 bits per heavy atom. The number of nitrogens with one attached hydrogen (secondary N) is 1. The van der Waals surface area contributed by atoms with Gasteiger partial charge in [-0.05, 0) is 24.3 Å². The van der Waals surface area contributed by atoms with E-state index in [0.717, 1.165) is 0 Å². The fourth-order valence-corrected chi connectivity index (χ4v) is 3.35. The van der Waals surface area contributed by atoms with Gasteiger partial charge in [0.05, 0.1) is 11.9 Å². The van der Waals surface area contributed by atoms with Gasteiger partial charge in [-0.2, -0.15) is 23.4 Å². The van der Waals surface area contributed by atoms with Crippen LogP contribution in [0.4, 0.5) is 13.2 Å². The number of ether oxygens (including phenoxy) is 2. The summed E-state index contributed by atoms with van der Waals surface area (Å²) < 4.78 is 53.0. The Morgan fingerprint density at radius 1 is 1.07 bits per heavy atom. The minimum Gasteiger partial charge on any atom is -0.504 e. The molecule has 2 N–H and O–H groups in total. The maximum absolute atomic E-state index is 13.7. The van der Waals surface area contributed by atoms with E-state index in [1.54, 1.807) is 24.3 Å². The average Bonchev–Trinajstić information content (AvgIpc) is 3.47. The number of alkyl halides is 3. The molecule has 10 heteroatoms. The van der Waals surface area contributed by atoms with Crippen molar-refractivity contribution >= 4 is 0 Å². The molecule has 0 fully saturated rings. The third kappa shape index (κ3) is 2.84. The topological polar surface area (TPSA) is 85.2 Å². The number of phenols is 1. The second kappa shape index (κ2) is 6.55. The first-order chi connectivity index (χ1) is 14.4. The number of rotatable bonds is 3. The predicted molar refractivity (Wildman–Crippen MR) is 99.4 cm³/mol. The number of aromatic nitrogens is 4. The lowest BCUT2D eigenvalue weighted by molar-refractivity contribution is -0.140. The molecule has 4 aromatic rings. The third-order valence-corrected chi connectivity index (χ3v) is 4.71. The van der Waals surface area contributed by atoms with Gasteiger partial charge in [-0.25, -0.2) is 4.68 Å². The average molecular weight is 414 g/mol. The minimum absolute atomic E-state index is 0.0648. The van der Waals surface area contributed by atoms with Gasteiger partial charge in [-0.1, -0.05) is 18.2 Å². The van der Waals surface area contributed by atoms with Gasteiger partial charge in [0.15, 0.2) is 11.5 Å². The number of hydrogen-bond acceptors (Lipinski definition) is 5. The molecule has 0 unspecified atom stereocenters. The highest BCUT2D eigenvalue weighted by atomic mass is 19.4. The Kier molecular flexibility index (Phi) is 3.95. The van der Waals surface area contributed by atoms with Crippen LogP contribution in [-0.4, -0.2) is 31.9 Å². The van der Waals surface area contributed by atoms with Crippen molar-refractivity contribution in [2.45, 2.75) is 6.18 Å². The van der Waals surface area contributed by atoms with Gasteiger partial charge in [0.25, 0.3) is 0 Å².